The Balaban J connectivity index is 1.74. The van der Waals surface area contributed by atoms with Crippen LogP contribution in [-0.2, 0) is 48.6 Å². The normalized spacial score (nSPS) is 29.0. The van der Waals surface area contributed by atoms with E-state index in [9.17, 15) is 24.3 Å². The second kappa shape index (κ2) is 16.7. The van der Waals surface area contributed by atoms with Crippen LogP contribution in [0, 0.1) is 6.92 Å². The third-order valence-electron chi connectivity index (χ3n) is 12.8. The Morgan fingerprint density at radius 2 is 1.52 bits per heavy atom. The number of benzene rings is 2. The van der Waals surface area contributed by atoms with Gasteiger partial charge in [0.25, 0.3) is 5.79 Å². The maximum atomic E-state index is 15.5. The molecule has 1 aliphatic carbocycles. The predicted octanol–water partition coefficient (Wildman–Crippen LogP) is 6.00. The number of allylic oxidation sites excluding steroid dienone is 2. The number of ether oxygens (including phenoxy) is 6. The molecule has 0 saturated carbocycles. The molecule has 2 fully saturated rings. The molecule has 2 aromatic carbocycles. The van der Waals surface area contributed by atoms with Gasteiger partial charge in [0.2, 0.25) is 0 Å². The molecule has 1 aromatic heterocycles. The summed E-state index contributed by atoms with van der Waals surface area (Å²) in [6, 6.07) is 4.20. The summed E-state index contributed by atoms with van der Waals surface area (Å²) in [5.74, 6) is -4.99. The molecule has 1 N–H and O–H groups in total. The number of fused-ring (bicyclic) bond motifs is 4. The minimum Gasteiger partial charge on any atom is -0.507 e. The number of ketones is 1. The van der Waals surface area contributed by atoms with Crippen LogP contribution >= 0.6 is 0 Å². The minimum atomic E-state index is -2.38. The van der Waals surface area contributed by atoms with E-state index in [0.29, 0.717) is 16.7 Å². The molecule has 15 nitrogen and oxygen atoms in total. The number of likely N-dealkylation sites (N-methyl/N-ethyl adjacent to an activating group) is 2. The lowest BCUT2D eigenvalue weighted by Crippen LogP contribution is -2.61. The Bertz CT molecular complexity index is 2380. The van der Waals surface area contributed by atoms with E-state index in [1.165, 1.54) is 33.9 Å². The van der Waals surface area contributed by atoms with E-state index in [-0.39, 0.29) is 57.4 Å². The molecule has 0 bridgehead atoms. The fourth-order valence-electron chi connectivity index (χ4n) is 9.49. The van der Waals surface area contributed by atoms with Gasteiger partial charge < -0.3 is 47.7 Å². The van der Waals surface area contributed by atoms with Crippen LogP contribution in [0.5, 0.6) is 5.75 Å². The average molecular weight is 847 g/mol. The zero-order valence-electron chi connectivity index (χ0n) is 37.5. The quantitative estimate of drug-likeness (QED) is 0.150. The van der Waals surface area contributed by atoms with E-state index in [1.807, 2.05) is 44.9 Å². The second-order valence-electron chi connectivity index (χ2n) is 17.1. The maximum absolute atomic E-state index is 15.5. The van der Waals surface area contributed by atoms with Crippen molar-refractivity contribution in [3.05, 3.63) is 79.2 Å². The van der Waals surface area contributed by atoms with E-state index in [1.54, 1.807) is 52.8 Å². The first-order valence-corrected chi connectivity index (χ1v) is 20.5. The fraction of sp³-hybridized carbons (Fsp3) is 0.543. The Morgan fingerprint density at radius 3 is 2.08 bits per heavy atom. The van der Waals surface area contributed by atoms with Gasteiger partial charge in [-0.3, -0.25) is 24.0 Å². The third-order valence-corrected chi connectivity index (χ3v) is 12.8. The summed E-state index contributed by atoms with van der Waals surface area (Å²) in [7, 11) is 8.71. The lowest BCUT2D eigenvalue weighted by molar-refractivity contribution is -0.208. The fourth-order valence-corrected chi connectivity index (χ4v) is 9.49. The smallest absolute Gasteiger partial charge is 0.305 e. The molecule has 2 aliphatic heterocycles. The lowest BCUT2D eigenvalue weighted by atomic mass is 9.72. The number of aryl methyl sites for hydroxylation is 1. The van der Waals surface area contributed by atoms with E-state index >= 15 is 4.79 Å². The van der Waals surface area contributed by atoms with Gasteiger partial charge in [-0.1, -0.05) is 6.08 Å². The van der Waals surface area contributed by atoms with Gasteiger partial charge in [-0.15, -0.1) is 0 Å². The number of nitrogens with zero attached hydrogens (tertiary/aromatic N) is 2. The number of esters is 3. The van der Waals surface area contributed by atoms with Gasteiger partial charge in [-0.25, -0.2) is 0 Å². The number of carbonyl (C=O) groups excluding carboxylic acids is 4. The number of hydrogen-bond donors (Lipinski definition) is 1. The van der Waals surface area contributed by atoms with Crippen molar-refractivity contribution in [3.63, 3.8) is 0 Å². The Morgan fingerprint density at radius 1 is 0.885 bits per heavy atom. The van der Waals surface area contributed by atoms with Crippen molar-refractivity contribution in [2.45, 2.75) is 129 Å². The molecular formula is C46H58N2O13. The summed E-state index contributed by atoms with van der Waals surface area (Å²) >= 11 is 0. The van der Waals surface area contributed by atoms with Gasteiger partial charge in [0.05, 0.1) is 52.5 Å². The van der Waals surface area contributed by atoms with E-state index in [4.69, 9.17) is 32.8 Å². The standard InChI is InChI=1S/C46H58N2O13/c1-15-21(2)33-19-32(52)36-22(3)16-30-38(43(36)60-33)46(55-14,61-27(8)51)39-37(40(30)53)28(34-18-31(47(10)11)42(23(4)56-34)58-25(6)49)17-29(41(39)54)35-20-45(9,48(12)13)44(24(5)57-35)59-26(7)50/h15-17,19,23-24,31,34-35,42,44,54H,18,20H2,1-14H3/t23?,24?,31?,34?,35?,42?,44?,45-,46-/m0/s1. The van der Waals surface area contributed by atoms with E-state index in [0.717, 1.165) is 0 Å². The molecule has 0 spiro atoms. The summed E-state index contributed by atoms with van der Waals surface area (Å²) < 4.78 is 44.0. The number of phenols is 1. The van der Waals surface area contributed by atoms with Crippen molar-refractivity contribution in [2.75, 3.05) is 35.3 Å². The zero-order valence-corrected chi connectivity index (χ0v) is 37.5. The summed E-state index contributed by atoms with van der Waals surface area (Å²) in [4.78, 5) is 71.4. The van der Waals surface area contributed by atoms with Crippen LogP contribution in [0.25, 0.3) is 16.5 Å². The highest BCUT2D eigenvalue weighted by molar-refractivity contribution is 6.17. The zero-order chi connectivity index (χ0) is 45.2. The highest BCUT2D eigenvalue weighted by Crippen LogP contribution is 2.56. The number of rotatable bonds is 9. The molecule has 61 heavy (non-hydrogen) atoms. The van der Waals surface area contributed by atoms with E-state index in [2.05, 4.69) is 0 Å². The molecular weight excluding hydrogens is 789 g/mol. The van der Waals surface area contributed by atoms with Gasteiger partial charge in [0.1, 0.15) is 29.3 Å². The molecule has 9 atom stereocenters. The first-order valence-electron chi connectivity index (χ1n) is 20.5. The van der Waals surface area contributed by atoms with Crippen LogP contribution in [0.3, 0.4) is 0 Å². The molecule has 7 unspecified atom stereocenters. The van der Waals surface area contributed by atoms with Crippen molar-refractivity contribution in [3.8, 4) is 5.75 Å². The summed E-state index contributed by atoms with van der Waals surface area (Å²) in [5, 5.41) is 13.1. The van der Waals surface area contributed by atoms with Crippen molar-refractivity contribution >= 4 is 40.2 Å². The largest absolute Gasteiger partial charge is 0.507 e. The Hall–Kier alpha value is -4.93. The molecule has 0 radical (unpaired) electrons. The Labute approximate surface area is 355 Å². The second-order valence-corrected chi connectivity index (χ2v) is 17.1. The number of carbonyl (C=O) groups is 4. The highest BCUT2D eigenvalue weighted by Gasteiger charge is 2.56. The number of methoxy groups -OCH3 is 1. The summed E-state index contributed by atoms with van der Waals surface area (Å²) in [5.41, 5.74) is -0.0139. The van der Waals surface area contributed by atoms with Crippen LogP contribution in [0.15, 0.2) is 33.5 Å². The third kappa shape index (κ3) is 7.68. The van der Waals surface area contributed by atoms with Gasteiger partial charge in [-0.2, -0.15) is 0 Å². The van der Waals surface area contributed by atoms with Crippen LogP contribution in [0.4, 0.5) is 0 Å². The van der Waals surface area contributed by atoms with Crippen LogP contribution in [0.2, 0.25) is 0 Å². The minimum absolute atomic E-state index is 0.0187. The molecule has 3 heterocycles. The molecule has 2 saturated heterocycles. The van der Waals surface area contributed by atoms with Crippen LogP contribution in [0.1, 0.15) is 130 Å². The van der Waals surface area contributed by atoms with Crippen molar-refractivity contribution in [1.82, 2.24) is 9.80 Å². The molecule has 0 amide bonds. The summed E-state index contributed by atoms with van der Waals surface area (Å²) in [6.45, 7) is 14.6. The monoisotopic (exact) mass is 846 g/mol. The molecule has 3 aliphatic rings. The van der Waals surface area contributed by atoms with Gasteiger partial charge in [-0.05, 0) is 111 Å². The van der Waals surface area contributed by atoms with Gasteiger partial charge in [0.15, 0.2) is 11.2 Å². The lowest BCUT2D eigenvalue weighted by Gasteiger charge is -2.51. The molecule has 3 aromatic rings. The highest BCUT2D eigenvalue weighted by atomic mass is 16.7. The van der Waals surface area contributed by atoms with Crippen LogP contribution in [-0.4, -0.2) is 110 Å². The van der Waals surface area contributed by atoms with Crippen molar-refractivity contribution < 1.29 is 57.1 Å². The van der Waals surface area contributed by atoms with Crippen molar-refractivity contribution in [1.29, 1.82) is 0 Å². The molecule has 6 rings (SSSR count). The Kier molecular flexibility index (Phi) is 12.5. The van der Waals surface area contributed by atoms with Crippen molar-refractivity contribution in [2.24, 2.45) is 0 Å². The van der Waals surface area contributed by atoms with Gasteiger partial charge in [0, 0.05) is 50.6 Å². The summed E-state index contributed by atoms with van der Waals surface area (Å²) in [6.07, 6.45) is -2.33. The topological polar surface area (TPSA) is 181 Å². The SMILES string of the molecule is CC=C(C)c1cc(=O)c2c(C)cc3c(c2o1)[C@](OC)(OC(C)=O)c1c(O)c(C2C[C@](C)(N(C)C)C(OC(C)=O)C(C)O2)cc(C2CC(N(C)C)C(OC(C)=O)C(C)O2)c1C3=O. The van der Waals surface area contributed by atoms with Crippen LogP contribution < -0.4 is 5.43 Å². The first kappa shape index (κ1) is 45.6. The molecule has 330 valence electrons. The first-order chi connectivity index (χ1) is 28.5. The molecule has 15 heteroatoms. The van der Waals surface area contributed by atoms with Gasteiger partial charge >= 0.3 is 17.9 Å². The number of hydrogen-bond acceptors (Lipinski definition) is 15. The predicted molar refractivity (Wildman–Crippen MR) is 224 cm³/mol. The number of phenolic OH excluding ortho intramolecular Hbond substituents is 1. The van der Waals surface area contributed by atoms with E-state index < -0.39 is 88.9 Å². The maximum Gasteiger partial charge on any atom is 0.305 e. The number of aromatic hydroxyl groups is 1. The average Bonchev–Trinajstić information content (AvgIpc) is 3.17.